The maximum absolute atomic E-state index is 3.75. The number of hydrogen-bond acceptors (Lipinski definition) is 1. The molecular formula is C20H29N. The summed E-state index contributed by atoms with van der Waals surface area (Å²) in [4.78, 5) is 0. The van der Waals surface area contributed by atoms with Crippen LogP contribution in [-0.4, -0.2) is 12.6 Å². The second-order valence-electron chi connectivity index (χ2n) is 6.24. The van der Waals surface area contributed by atoms with Gasteiger partial charge in [0, 0.05) is 6.04 Å². The largest absolute Gasteiger partial charge is 0.314 e. The van der Waals surface area contributed by atoms with Crippen LogP contribution >= 0.6 is 0 Å². The molecule has 0 amide bonds. The van der Waals surface area contributed by atoms with Crippen LogP contribution in [0.15, 0.2) is 42.5 Å². The Morgan fingerprint density at radius 1 is 1.00 bits per heavy atom. The van der Waals surface area contributed by atoms with Gasteiger partial charge in [0.25, 0.3) is 0 Å². The number of rotatable bonds is 8. The summed E-state index contributed by atoms with van der Waals surface area (Å²) < 4.78 is 0. The van der Waals surface area contributed by atoms with Crippen molar-refractivity contribution in [2.45, 2.75) is 52.5 Å². The number of nitrogens with one attached hydrogen (secondary N) is 1. The van der Waals surface area contributed by atoms with Crippen LogP contribution in [0, 0.1) is 5.92 Å². The molecule has 1 nitrogen and oxygen atoms in total. The minimum Gasteiger partial charge on any atom is -0.314 e. The lowest BCUT2D eigenvalue weighted by atomic mass is 9.92. The molecule has 0 saturated heterocycles. The molecule has 0 saturated carbocycles. The fraction of sp³-hybridized carbons (Fsp3) is 0.500. The molecule has 2 aromatic rings. The smallest absolute Gasteiger partial charge is 0.0110 e. The predicted octanol–water partition coefficient (Wildman–Crippen LogP) is 5.19. The van der Waals surface area contributed by atoms with Crippen molar-refractivity contribution in [3.63, 3.8) is 0 Å². The molecule has 2 rings (SSSR count). The van der Waals surface area contributed by atoms with Crippen LogP contribution in [-0.2, 0) is 6.42 Å². The van der Waals surface area contributed by atoms with Crippen molar-refractivity contribution in [2.24, 2.45) is 5.92 Å². The fourth-order valence-electron chi connectivity index (χ4n) is 2.98. The van der Waals surface area contributed by atoms with Crippen LogP contribution in [0.25, 0.3) is 10.8 Å². The van der Waals surface area contributed by atoms with Crippen LogP contribution in [0.1, 0.15) is 45.6 Å². The lowest BCUT2D eigenvalue weighted by Crippen LogP contribution is -2.33. The molecule has 0 aromatic heterocycles. The summed E-state index contributed by atoms with van der Waals surface area (Å²) in [5.74, 6) is 0.786. The van der Waals surface area contributed by atoms with E-state index in [4.69, 9.17) is 0 Å². The number of fused-ring (bicyclic) bond motifs is 1. The second kappa shape index (κ2) is 8.19. The van der Waals surface area contributed by atoms with Crippen molar-refractivity contribution < 1.29 is 0 Å². The Labute approximate surface area is 129 Å². The van der Waals surface area contributed by atoms with Crippen molar-refractivity contribution in [1.82, 2.24) is 5.32 Å². The van der Waals surface area contributed by atoms with E-state index in [-0.39, 0.29) is 0 Å². The van der Waals surface area contributed by atoms with Gasteiger partial charge < -0.3 is 5.32 Å². The molecule has 0 bridgehead atoms. The Kier molecular flexibility index (Phi) is 6.25. The van der Waals surface area contributed by atoms with Crippen molar-refractivity contribution in [3.8, 4) is 0 Å². The number of benzene rings is 2. The van der Waals surface area contributed by atoms with Gasteiger partial charge in [-0.1, -0.05) is 69.7 Å². The van der Waals surface area contributed by atoms with Crippen LogP contribution in [0.4, 0.5) is 0 Å². The molecule has 0 aliphatic carbocycles. The van der Waals surface area contributed by atoms with E-state index in [9.17, 15) is 0 Å². The summed E-state index contributed by atoms with van der Waals surface area (Å²) in [5, 5.41) is 6.51. The van der Waals surface area contributed by atoms with E-state index in [1.165, 1.54) is 35.6 Å². The lowest BCUT2D eigenvalue weighted by Gasteiger charge is -2.22. The molecule has 0 aliphatic heterocycles. The first kappa shape index (κ1) is 16.0. The topological polar surface area (TPSA) is 12.0 Å². The van der Waals surface area contributed by atoms with Gasteiger partial charge in [-0.3, -0.25) is 0 Å². The quantitative estimate of drug-likeness (QED) is 0.703. The lowest BCUT2D eigenvalue weighted by molar-refractivity contribution is 0.392. The van der Waals surface area contributed by atoms with Crippen molar-refractivity contribution in [1.29, 1.82) is 0 Å². The zero-order chi connectivity index (χ0) is 15.1. The monoisotopic (exact) mass is 283 g/mol. The molecule has 21 heavy (non-hydrogen) atoms. The van der Waals surface area contributed by atoms with E-state index in [2.05, 4.69) is 68.6 Å². The molecule has 0 fully saturated rings. The third-order valence-electron chi connectivity index (χ3n) is 4.41. The molecule has 1 N–H and O–H groups in total. The maximum Gasteiger partial charge on any atom is 0.0110 e. The van der Waals surface area contributed by atoms with E-state index in [1.54, 1.807) is 0 Å². The van der Waals surface area contributed by atoms with E-state index >= 15 is 0 Å². The summed E-state index contributed by atoms with van der Waals surface area (Å²) >= 11 is 0. The van der Waals surface area contributed by atoms with Gasteiger partial charge in [0.1, 0.15) is 0 Å². The Morgan fingerprint density at radius 3 is 2.52 bits per heavy atom. The van der Waals surface area contributed by atoms with Crippen molar-refractivity contribution >= 4 is 10.8 Å². The minimum atomic E-state index is 0.589. The average molecular weight is 283 g/mol. The van der Waals surface area contributed by atoms with Gasteiger partial charge in [0.05, 0.1) is 0 Å². The highest BCUT2D eigenvalue weighted by Gasteiger charge is 2.13. The van der Waals surface area contributed by atoms with Crippen LogP contribution in [0.5, 0.6) is 0 Å². The van der Waals surface area contributed by atoms with Crippen LogP contribution < -0.4 is 5.32 Å². The molecule has 2 unspecified atom stereocenters. The van der Waals surface area contributed by atoms with Crippen molar-refractivity contribution in [3.05, 3.63) is 48.0 Å². The standard InChI is InChI=1S/C20H29N/c1-4-13-21-19(14-16(3)5-2)15-18-11-8-10-17-9-6-7-12-20(17)18/h6-12,16,19,21H,4-5,13-15H2,1-3H3. The van der Waals surface area contributed by atoms with Gasteiger partial charge in [-0.25, -0.2) is 0 Å². The SMILES string of the molecule is CCCNC(Cc1cccc2ccccc12)CC(C)CC. The van der Waals surface area contributed by atoms with E-state index in [1.807, 2.05) is 0 Å². The summed E-state index contributed by atoms with van der Waals surface area (Å²) in [5.41, 5.74) is 1.48. The van der Waals surface area contributed by atoms with E-state index in [0.29, 0.717) is 6.04 Å². The Bertz CT molecular complexity index is 541. The summed E-state index contributed by atoms with van der Waals surface area (Å²) in [7, 11) is 0. The first-order chi connectivity index (χ1) is 10.2. The third-order valence-corrected chi connectivity index (χ3v) is 4.41. The Morgan fingerprint density at radius 2 is 1.76 bits per heavy atom. The second-order valence-corrected chi connectivity index (χ2v) is 6.24. The first-order valence-electron chi connectivity index (χ1n) is 8.44. The molecule has 0 heterocycles. The number of hydrogen-bond donors (Lipinski definition) is 1. The van der Waals surface area contributed by atoms with Gasteiger partial charge >= 0.3 is 0 Å². The molecule has 2 atom stereocenters. The fourth-order valence-corrected chi connectivity index (χ4v) is 2.98. The molecule has 0 spiro atoms. The maximum atomic E-state index is 3.75. The summed E-state index contributed by atoms with van der Waals surface area (Å²) in [6.07, 6.45) is 4.86. The highest BCUT2D eigenvalue weighted by molar-refractivity contribution is 5.85. The zero-order valence-electron chi connectivity index (χ0n) is 13.7. The van der Waals surface area contributed by atoms with E-state index in [0.717, 1.165) is 18.9 Å². The average Bonchev–Trinajstić information content (AvgIpc) is 2.52. The molecule has 114 valence electrons. The third kappa shape index (κ3) is 4.57. The van der Waals surface area contributed by atoms with Gasteiger partial charge in [-0.05, 0) is 48.1 Å². The Hall–Kier alpha value is -1.34. The van der Waals surface area contributed by atoms with Crippen LogP contribution in [0.2, 0.25) is 0 Å². The highest BCUT2D eigenvalue weighted by atomic mass is 14.9. The summed E-state index contributed by atoms with van der Waals surface area (Å²) in [6.45, 7) is 8.01. The van der Waals surface area contributed by atoms with Crippen LogP contribution in [0.3, 0.4) is 0 Å². The summed E-state index contributed by atoms with van der Waals surface area (Å²) in [6, 6.07) is 16.0. The first-order valence-corrected chi connectivity index (χ1v) is 8.44. The highest BCUT2D eigenvalue weighted by Crippen LogP contribution is 2.22. The van der Waals surface area contributed by atoms with Gasteiger partial charge in [-0.2, -0.15) is 0 Å². The molecule has 0 aliphatic rings. The molecule has 1 heteroatoms. The predicted molar refractivity (Wildman–Crippen MR) is 93.8 cm³/mol. The van der Waals surface area contributed by atoms with Gasteiger partial charge in [0.2, 0.25) is 0 Å². The van der Waals surface area contributed by atoms with Crippen molar-refractivity contribution in [2.75, 3.05) is 6.54 Å². The van der Waals surface area contributed by atoms with Gasteiger partial charge in [0.15, 0.2) is 0 Å². The zero-order valence-corrected chi connectivity index (χ0v) is 13.7. The Balaban J connectivity index is 2.17. The minimum absolute atomic E-state index is 0.589. The molecule has 0 radical (unpaired) electrons. The normalized spacial score (nSPS) is 14.2. The molecule has 2 aromatic carbocycles. The van der Waals surface area contributed by atoms with Gasteiger partial charge in [-0.15, -0.1) is 0 Å². The van der Waals surface area contributed by atoms with E-state index < -0.39 is 0 Å². The molecular weight excluding hydrogens is 254 g/mol.